The lowest BCUT2D eigenvalue weighted by Gasteiger charge is -2.32. The number of halogens is 1. The first-order valence-corrected chi connectivity index (χ1v) is 9.62. The first-order valence-electron chi connectivity index (χ1n) is 8.74. The van der Waals surface area contributed by atoms with Gasteiger partial charge >= 0.3 is 5.97 Å². The molecule has 0 amide bonds. The molecule has 0 bridgehead atoms. The van der Waals surface area contributed by atoms with Crippen molar-refractivity contribution in [1.29, 1.82) is 0 Å². The van der Waals surface area contributed by atoms with Gasteiger partial charge in [0, 0.05) is 18.7 Å². The van der Waals surface area contributed by atoms with Gasteiger partial charge in [-0.05, 0) is 30.4 Å². The van der Waals surface area contributed by atoms with E-state index >= 15 is 0 Å². The van der Waals surface area contributed by atoms with Gasteiger partial charge < -0.3 is 10.0 Å². The molecule has 0 saturated carbocycles. The Morgan fingerprint density at radius 1 is 1.26 bits per heavy atom. The summed E-state index contributed by atoms with van der Waals surface area (Å²) in [6.45, 7) is 1.08. The molecule has 1 aromatic carbocycles. The van der Waals surface area contributed by atoms with Crippen LogP contribution in [0.4, 0.5) is 10.3 Å². The minimum absolute atomic E-state index is 0.0839. The second-order valence-electron chi connectivity index (χ2n) is 6.63. The van der Waals surface area contributed by atoms with E-state index in [1.165, 1.54) is 22.0 Å². The van der Waals surface area contributed by atoms with Crippen molar-refractivity contribution in [2.24, 2.45) is 5.92 Å². The van der Waals surface area contributed by atoms with Crippen molar-refractivity contribution in [2.75, 3.05) is 18.0 Å². The quantitative estimate of drug-likeness (QED) is 0.745. The Labute approximate surface area is 158 Å². The number of hydrogen-bond donors (Lipinski definition) is 1. The number of nitrogens with zero attached hydrogens (tertiary/aromatic N) is 3. The number of carboxylic acid groups (broad SMARTS) is 1. The van der Waals surface area contributed by atoms with E-state index in [-0.39, 0.29) is 23.8 Å². The molecule has 0 unspecified atom stereocenters. The van der Waals surface area contributed by atoms with Crippen molar-refractivity contribution in [1.82, 2.24) is 9.55 Å². The fraction of sp³-hybridized carbons (Fsp3) is 0.316. The summed E-state index contributed by atoms with van der Waals surface area (Å²) in [5.41, 5.74) is 0.831. The molecule has 1 aliphatic rings. The highest BCUT2D eigenvalue weighted by Gasteiger charge is 2.27. The molecule has 4 rings (SSSR count). The van der Waals surface area contributed by atoms with Gasteiger partial charge in [0.2, 0.25) is 5.95 Å². The number of rotatable bonds is 4. The number of piperidine rings is 1. The van der Waals surface area contributed by atoms with E-state index in [1.54, 1.807) is 24.3 Å². The van der Waals surface area contributed by atoms with Crippen LogP contribution in [0.15, 0.2) is 40.5 Å². The number of hydrogen-bond acceptors (Lipinski definition) is 5. The van der Waals surface area contributed by atoms with Crippen LogP contribution >= 0.6 is 11.3 Å². The van der Waals surface area contributed by atoms with Gasteiger partial charge in [-0.3, -0.25) is 14.2 Å². The van der Waals surface area contributed by atoms with Crippen LogP contribution in [-0.4, -0.2) is 33.7 Å². The van der Waals surface area contributed by atoms with Crippen molar-refractivity contribution in [3.63, 3.8) is 0 Å². The Bertz CT molecular complexity index is 1050. The Hall–Kier alpha value is -2.74. The Balaban J connectivity index is 1.76. The normalized spacial score (nSPS) is 15.4. The van der Waals surface area contributed by atoms with Crippen molar-refractivity contribution in [2.45, 2.75) is 19.4 Å². The predicted octanol–water partition coefficient (Wildman–Crippen LogP) is 2.95. The number of anilines is 1. The lowest BCUT2D eigenvalue weighted by Crippen LogP contribution is -2.40. The standard InChI is InChI=1S/C19H18FN3O3S/c20-14-4-2-1-3-13(14)11-23-17(24)16-15(7-10-27-16)21-19(23)22-8-5-12(6-9-22)18(25)26/h1-4,7,10,12H,5-6,8-9,11H2,(H,25,26). The number of thiophene rings is 1. The Morgan fingerprint density at radius 3 is 2.70 bits per heavy atom. The summed E-state index contributed by atoms with van der Waals surface area (Å²) in [5.74, 6) is -1.07. The maximum atomic E-state index is 14.2. The monoisotopic (exact) mass is 387 g/mol. The largest absolute Gasteiger partial charge is 0.481 e. The van der Waals surface area contributed by atoms with E-state index < -0.39 is 5.97 Å². The van der Waals surface area contributed by atoms with E-state index in [2.05, 4.69) is 4.98 Å². The summed E-state index contributed by atoms with van der Waals surface area (Å²) < 4.78 is 16.2. The zero-order valence-corrected chi connectivity index (χ0v) is 15.3. The SMILES string of the molecule is O=C(O)C1CCN(c2nc3ccsc3c(=O)n2Cc2ccccc2F)CC1. The molecule has 8 heteroatoms. The van der Waals surface area contributed by atoms with E-state index in [0.717, 1.165) is 0 Å². The highest BCUT2D eigenvalue weighted by molar-refractivity contribution is 7.17. The van der Waals surface area contributed by atoms with Crippen LogP contribution in [-0.2, 0) is 11.3 Å². The van der Waals surface area contributed by atoms with Crippen molar-refractivity contribution in [3.05, 3.63) is 57.4 Å². The third kappa shape index (κ3) is 3.32. The topological polar surface area (TPSA) is 75.4 Å². The molecule has 0 radical (unpaired) electrons. The van der Waals surface area contributed by atoms with Gasteiger partial charge in [-0.2, -0.15) is 0 Å². The van der Waals surface area contributed by atoms with Crippen LogP contribution in [0, 0.1) is 11.7 Å². The van der Waals surface area contributed by atoms with E-state index in [0.29, 0.717) is 47.7 Å². The fourth-order valence-corrected chi connectivity index (χ4v) is 4.22. The number of carbonyl (C=O) groups is 1. The van der Waals surface area contributed by atoms with Crippen LogP contribution in [0.3, 0.4) is 0 Å². The maximum absolute atomic E-state index is 14.2. The molecular formula is C19H18FN3O3S. The van der Waals surface area contributed by atoms with Crippen molar-refractivity contribution in [3.8, 4) is 0 Å². The fourth-order valence-electron chi connectivity index (χ4n) is 3.44. The molecule has 3 aromatic rings. The number of fused-ring (bicyclic) bond motifs is 1. The zero-order chi connectivity index (χ0) is 19.0. The van der Waals surface area contributed by atoms with Gasteiger partial charge in [0.25, 0.3) is 5.56 Å². The minimum atomic E-state index is -0.792. The molecule has 1 saturated heterocycles. The smallest absolute Gasteiger partial charge is 0.306 e. The second kappa shape index (κ2) is 7.11. The van der Waals surface area contributed by atoms with E-state index in [4.69, 9.17) is 0 Å². The molecule has 1 fully saturated rings. The van der Waals surface area contributed by atoms with Gasteiger partial charge in [0.1, 0.15) is 10.5 Å². The first kappa shape index (κ1) is 17.7. The van der Waals surface area contributed by atoms with Crippen LogP contribution in [0.1, 0.15) is 18.4 Å². The molecule has 1 N–H and O–H groups in total. The first-order chi connectivity index (χ1) is 13.0. The summed E-state index contributed by atoms with van der Waals surface area (Å²) in [6, 6.07) is 8.16. The van der Waals surface area contributed by atoms with E-state index in [1.807, 2.05) is 10.3 Å². The summed E-state index contributed by atoms with van der Waals surface area (Å²) in [7, 11) is 0. The summed E-state index contributed by atoms with van der Waals surface area (Å²) >= 11 is 1.32. The number of aliphatic carboxylic acids is 1. The average Bonchev–Trinajstić information content (AvgIpc) is 3.14. The molecule has 27 heavy (non-hydrogen) atoms. The third-order valence-corrected chi connectivity index (χ3v) is 5.85. The zero-order valence-electron chi connectivity index (χ0n) is 14.5. The molecule has 0 atom stereocenters. The maximum Gasteiger partial charge on any atom is 0.306 e. The highest BCUT2D eigenvalue weighted by Crippen LogP contribution is 2.25. The molecule has 3 heterocycles. The third-order valence-electron chi connectivity index (χ3n) is 4.96. The van der Waals surface area contributed by atoms with Crippen LogP contribution in [0.2, 0.25) is 0 Å². The summed E-state index contributed by atoms with van der Waals surface area (Å²) in [5, 5.41) is 11.0. The van der Waals surface area contributed by atoms with Crippen molar-refractivity contribution >= 4 is 33.5 Å². The Kier molecular flexibility index (Phi) is 4.65. The molecule has 2 aromatic heterocycles. The number of benzene rings is 1. The van der Waals surface area contributed by atoms with Gasteiger partial charge in [0.15, 0.2) is 0 Å². The number of carboxylic acids is 1. The van der Waals surface area contributed by atoms with Gasteiger partial charge in [0.05, 0.1) is 18.0 Å². The van der Waals surface area contributed by atoms with Gasteiger partial charge in [-0.15, -0.1) is 11.3 Å². The number of aromatic nitrogens is 2. The summed E-state index contributed by atoms with van der Waals surface area (Å²) in [4.78, 5) is 30.8. The molecule has 0 spiro atoms. The molecule has 0 aliphatic carbocycles. The summed E-state index contributed by atoms with van der Waals surface area (Å²) in [6.07, 6.45) is 0.985. The average molecular weight is 387 g/mol. The highest BCUT2D eigenvalue weighted by atomic mass is 32.1. The molecule has 1 aliphatic heterocycles. The van der Waals surface area contributed by atoms with E-state index in [9.17, 15) is 19.1 Å². The molecule has 140 valence electrons. The van der Waals surface area contributed by atoms with Crippen molar-refractivity contribution < 1.29 is 14.3 Å². The van der Waals surface area contributed by atoms with Gasteiger partial charge in [-0.1, -0.05) is 18.2 Å². The minimum Gasteiger partial charge on any atom is -0.481 e. The predicted molar refractivity (Wildman–Crippen MR) is 102 cm³/mol. The second-order valence-corrected chi connectivity index (χ2v) is 7.55. The Morgan fingerprint density at radius 2 is 2.00 bits per heavy atom. The lowest BCUT2D eigenvalue weighted by molar-refractivity contribution is -0.142. The van der Waals surface area contributed by atoms with Crippen LogP contribution in [0.25, 0.3) is 10.2 Å². The van der Waals surface area contributed by atoms with Crippen LogP contribution < -0.4 is 10.5 Å². The molecular weight excluding hydrogens is 369 g/mol. The molecule has 6 nitrogen and oxygen atoms in total. The lowest BCUT2D eigenvalue weighted by atomic mass is 9.97. The van der Waals surface area contributed by atoms with Crippen LogP contribution in [0.5, 0.6) is 0 Å². The van der Waals surface area contributed by atoms with Gasteiger partial charge in [-0.25, -0.2) is 9.37 Å².